The van der Waals surface area contributed by atoms with Gasteiger partial charge in [0.2, 0.25) is 0 Å². The molecule has 0 radical (unpaired) electrons. The second kappa shape index (κ2) is 9.13. The first kappa shape index (κ1) is 18.8. The molecule has 0 bridgehead atoms. The van der Waals surface area contributed by atoms with E-state index in [0.717, 1.165) is 30.9 Å². The van der Waals surface area contributed by atoms with E-state index in [1.54, 1.807) is 11.3 Å². The van der Waals surface area contributed by atoms with Crippen molar-refractivity contribution in [3.63, 3.8) is 0 Å². The zero-order chi connectivity index (χ0) is 19.2. The van der Waals surface area contributed by atoms with E-state index in [-0.39, 0.29) is 5.91 Å². The maximum Gasteiger partial charge on any atom is 0.257 e. The molecule has 4 rings (SSSR count). The Kier molecular flexibility index (Phi) is 6.14. The van der Waals surface area contributed by atoms with Gasteiger partial charge in [-0.2, -0.15) is 0 Å². The molecule has 0 aliphatic carbocycles. The number of nitrogens with zero attached hydrogens (tertiary/aromatic N) is 2. The molecule has 0 atom stereocenters. The summed E-state index contributed by atoms with van der Waals surface area (Å²) in [5.41, 5.74) is 2.73. The molecule has 144 valence electrons. The topological polar surface area (TPSA) is 45.2 Å². The lowest BCUT2D eigenvalue weighted by Crippen LogP contribution is -2.23. The van der Waals surface area contributed by atoms with Crippen molar-refractivity contribution >= 4 is 22.4 Å². The van der Waals surface area contributed by atoms with Crippen molar-refractivity contribution in [1.29, 1.82) is 0 Å². The largest absolute Gasteiger partial charge is 0.298 e. The SMILES string of the molecule is O=C(Nc1nc(-c2ccccc2)c(CN2CCCCCC2)s1)c1ccccc1. The van der Waals surface area contributed by atoms with Crippen LogP contribution in [0.4, 0.5) is 5.13 Å². The van der Waals surface area contributed by atoms with Gasteiger partial charge in [-0.3, -0.25) is 15.0 Å². The molecule has 0 saturated carbocycles. The number of anilines is 1. The van der Waals surface area contributed by atoms with E-state index in [1.807, 2.05) is 48.5 Å². The third-order valence-electron chi connectivity index (χ3n) is 5.07. The van der Waals surface area contributed by atoms with E-state index in [2.05, 4.69) is 22.3 Å². The molecular formula is C23H25N3OS. The average Bonchev–Trinajstić information content (AvgIpc) is 2.95. The van der Waals surface area contributed by atoms with E-state index < -0.39 is 0 Å². The van der Waals surface area contributed by atoms with E-state index in [9.17, 15) is 4.79 Å². The van der Waals surface area contributed by atoms with Gasteiger partial charge in [0.1, 0.15) is 0 Å². The first-order valence-corrected chi connectivity index (χ1v) is 10.7. The Morgan fingerprint density at radius 3 is 2.25 bits per heavy atom. The van der Waals surface area contributed by atoms with Gasteiger partial charge >= 0.3 is 0 Å². The Balaban J connectivity index is 1.59. The molecular weight excluding hydrogens is 366 g/mol. The molecule has 4 nitrogen and oxygen atoms in total. The standard InChI is InChI=1S/C23H25N3OS/c27-22(19-13-7-4-8-14-19)25-23-24-21(18-11-5-3-6-12-18)20(28-23)17-26-15-9-1-2-10-16-26/h3-8,11-14H,1-2,9-10,15-17H2,(H,24,25,27). The Bertz CT molecular complexity index is 900. The number of benzene rings is 2. The number of aromatic nitrogens is 1. The van der Waals surface area contributed by atoms with Crippen LogP contribution >= 0.6 is 11.3 Å². The Hall–Kier alpha value is -2.50. The van der Waals surface area contributed by atoms with Crippen LogP contribution in [0.5, 0.6) is 0 Å². The summed E-state index contributed by atoms with van der Waals surface area (Å²) in [5.74, 6) is -0.115. The smallest absolute Gasteiger partial charge is 0.257 e. The normalized spacial score (nSPS) is 15.1. The molecule has 0 unspecified atom stereocenters. The molecule has 1 saturated heterocycles. The zero-order valence-electron chi connectivity index (χ0n) is 15.9. The number of nitrogens with one attached hydrogen (secondary N) is 1. The summed E-state index contributed by atoms with van der Waals surface area (Å²) in [7, 11) is 0. The predicted octanol–water partition coefficient (Wildman–Crippen LogP) is 5.44. The number of carbonyl (C=O) groups excluding carboxylic acids is 1. The summed E-state index contributed by atoms with van der Waals surface area (Å²) in [5, 5.41) is 3.65. The zero-order valence-corrected chi connectivity index (χ0v) is 16.8. The van der Waals surface area contributed by atoms with Crippen molar-refractivity contribution in [2.75, 3.05) is 18.4 Å². The highest BCUT2D eigenvalue weighted by molar-refractivity contribution is 7.16. The van der Waals surface area contributed by atoms with E-state index in [1.165, 1.54) is 30.6 Å². The molecule has 1 fully saturated rings. The van der Waals surface area contributed by atoms with Crippen molar-refractivity contribution in [2.24, 2.45) is 0 Å². The third kappa shape index (κ3) is 4.66. The van der Waals surface area contributed by atoms with Crippen molar-refractivity contribution in [3.8, 4) is 11.3 Å². The summed E-state index contributed by atoms with van der Waals surface area (Å²) in [4.78, 5) is 21.1. The van der Waals surface area contributed by atoms with E-state index in [4.69, 9.17) is 4.98 Å². The molecule has 1 aromatic heterocycles. The molecule has 3 aromatic rings. The lowest BCUT2D eigenvalue weighted by atomic mass is 10.1. The number of thiazole rings is 1. The Labute approximate surface area is 170 Å². The number of amides is 1. The Morgan fingerprint density at radius 2 is 1.57 bits per heavy atom. The van der Waals surface area contributed by atoms with Gasteiger partial charge in [-0.1, -0.05) is 72.7 Å². The molecule has 1 amide bonds. The summed E-state index contributed by atoms with van der Waals surface area (Å²) in [6.07, 6.45) is 5.17. The molecule has 2 heterocycles. The molecule has 1 N–H and O–H groups in total. The fourth-order valence-electron chi connectivity index (χ4n) is 3.59. The van der Waals surface area contributed by atoms with Crippen molar-refractivity contribution in [3.05, 3.63) is 71.1 Å². The highest BCUT2D eigenvalue weighted by atomic mass is 32.1. The summed E-state index contributed by atoms with van der Waals surface area (Å²) >= 11 is 1.59. The molecule has 1 aliphatic heterocycles. The number of carbonyl (C=O) groups is 1. The van der Waals surface area contributed by atoms with Gasteiger partial charge in [-0.25, -0.2) is 4.98 Å². The van der Waals surface area contributed by atoms with E-state index >= 15 is 0 Å². The average molecular weight is 392 g/mol. The third-order valence-corrected chi connectivity index (χ3v) is 6.02. The first-order chi connectivity index (χ1) is 13.8. The minimum Gasteiger partial charge on any atom is -0.298 e. The number of hydrogen-bond donors (Lipinski definition) is 1. The van der Waals surface area contributed by atoms with Crippen molar-refractivity contribution in [1.82, 2.24) is 9.88 Å². The van der Waals surface area contributed by atoms with Gasteiger partial charge in [0.25, 0.3) is 5.91 Å². The fraction of sp³-hybridized carbons (Fsp3) is 0.304. The quantitative estimate of drug-likeness (QED) is 0.630. The summed E-state index contributed by atoms with van der Waals surface area (Å²) < 4.78 is 0. The second-order valence-electron chi connectivity index (χ2n) is 7.17. The van der Waals surface area contributed by atoms with Crippen LogP contribution in [-0.4, -0.2) is 28.9 Å². The maximum atomic E-state index is 12.6. The van der Waals surface area contributed by atoms with Crippen LogP contribution < -0.4 is 5.32 Å². The molecule has 2 aromatic carbocycles. The van der Waals surface area contributed by atoms with Gasteiger partial charge in [0.05, 0.1) is 5.69 Å². The van der Waals surface area contributed by atoms with Gasteiger partial charge in [0, 0.05) is 22.5 Å². The van der Waals surface area contributed by atoms with Crippen molar-refractivity contribution < 1.29 is 4.79 Å². The minimum absolute atomic E-state index is 0.115. The van der Waals surface area contributed by atoms with Crippen LogP contribution in [0.25, 0.3) is 11.3 Å². The molecule has 5 heteroatoms. The summed E-state index contributed by atoms with van der Waals surface area (Å²) in [6, 6.07) is 19.6. The lowest BCUT2D eigenvalue weighted by molar-refractivity contribution is 0.102. The first-order valence-electron chi connectivity index (χ1n) is 9.93. The van der Waals surface area contributed by atoms with Crippen LogP contribution in [-0.2, 0) is 6.54 Å². The molecule has 28 heavy (non-hydrogen) atoms. The number of hydrogen-bond acceptors (Lipinski definition) is 4. The highest BCUT2D eigenvalue weighted by Crippen LogP contribution is 2.33. The monoisotopic (exact) mass is 391 g/mol. The fourth-order valence-corrected chi connectivity index (χ4v) is 4.61. The van der Waals surface area contributed by atoms with Gasteiger partial charge in [-0.05, 0) is 38.1 Å². The second-order valence-corrected chi connectivity index (χ2v) is 8.25. The number of likely N-dealkylation sites (tertiary alicyclic amines) is 1. The lowest BCUT2D eigenvalue weighted by Gasteiger charge is -2.19. The van der Waals surface area contributed by atoms with E-state index in [0.29, 0.717) is 10.7 Å². The van der Waals surface area contributed by atoms with Crippen LogP contribution in [0.1, 0.15) is 40.9 Å². The minimum atomic E-state index is -0.115. The van der Waals surface area contributed by atoms with Gasteiger partial charge in [-0.15, -0.1) is 0 Å². The Morgan fingerprint density at radius 1 is 0.929 bits per heavy atom. The number of rotatable bonds is 5. The van der Waals surface area contributed by atoms with Gasteiger partial charge in [0.15, 0.2) is 5.13 Å². The molecule has 0 spiro atoms. The predicted molar refractivity (Wildman–Crippen MR) is 116 cm³/mol. The van der Waals surface area contributed by atoms with Crippen LogP contribution in [0.3, 0.4) is 0 Å². The van der Waals surface area contributed by atoms with Crippen molar-refractivity contribution in [2.45, 2.75) is 32.2 Å². The van der Waals surface area contributed by atoms with Crippen LogP contribution in [0.15, 0.2) is 60.7 Å². The van der Waals surface area contributed by atoms with Crippen LogP contribution in [0.2, 0.25) is 0 Å². The van der Waals surface area contributed by atoms with Gasteiger partial charge < -0.3 is 0 Å². The summed E-state index contributed by atoms with van der Waals surface area (Å²) in [6.45, 7) is 3.17. The highest BCUT2D eigenvalue weighted by Gasteiger charge is 2.18. The van der Waals surface area contributed by atoms with Crippen LogP contribution in [0, 0.1) is 0 Å². The maximum absolute atomic E-state index is 12.6. The molecule has 1 aliphatic rings.